The van der Waals surface area contributed by atoms with E-state index < -0.39 is 0 Å². The first kappa shape index (κ1) is 12.2. The zero-order valence-corrected chi connectivity index (χ0v) is 9.29. The largest absolute Gasteiger partial charge is 0.355 e. The minimum absolute atomic E-state index is 0.000324. The highest BCUT2D eigenvalue weighted by Gasteiger charge is 2.33. The topological polar surface area (TPSA) is 72.2 Å². The molecule has 0 aromatic rings. The van der Waals surface area contributed by atoms with Crippen molar-refractivity contribution in [2.75, 3.05) is 13.1 Å². The number of rotatable bonds is 4. The zero-order chi connectivity index (χ0) is 11.3. The van der Waals surface area contributed by atoms with Gasteiger partial charge >= 0.3 is 0 Å². The molecule has 3 N–H and O–H groups in total. The van der Waals surface area contributed by atoms with Gasteiger partial charge < -0.3 is 11.1 Å². The summed E-state index contributed by atoms with van der Waals surface area (Å²) in [5.41, 5.74) is 5.32. The molecule has 0 spiro atoms. The molecule has 0 heterocycles. The fourth-order valence-electron chi connectivity index (χ4n) is 2.26. The third kappa shape index (κ3) is 3.30. The van der Waals surface area contributed by atoms with E-state index in [0.717, 1.165) is 25.7 Å². The predicted molar refractivity (Wildman–Crippen MR) is 58.2 cm³/mol. The van der Waals surface area contributed by atoms with E-state index >= 15 is 0 Å². The number of Topliss-reactive ketones (excluding diaryl/α,β-unsaturated/α-hetero) is 1. The van der Waals surface area contributed by atoms with Crippen molar-refractivity contribution in [2.45, 2.75) is 32.6 Å². The van der Waals surface area contributed by atoms with E-state index in [9.17, 15) is 9.59 Å². The van der Waals surface area contributed by atoms with E-state index in [4.69, 9.17) is 5.73 Å². The lowest BCUT2D eigenvalue weighted by molar-refractivity contribution is -0.134. The highest BCUT2D eigenvalue weighted by molar-refractivity contribution is 5.87. The molecule has 1 saturated carbocycles. The number of hydrogen-bond donors (Lipinski definition) is 2. The van der Waals surface area contributed by atoms with E-state index in [2.05, 4.69) is 5.32 Å². The molecule has 0 saturated heterocycles. The van der Waals surface area contributed by atoms with Gasteiger partial charge in [-0.1, -0.05) is 12.8 Å². The van der Waals surface area contributed by atoms with Crippen molar-refractivity contribution in [2.24, 2.45) is 17.6 Å². The van der Waals surface area contributed by atoms with Crippen LogP contribution in [0.1, 0.15) is 32.6 Å². The Labute approximate surface area is 90.6 Å². The summed E-state index contributed by atoms with van der Waals surface area (Å²) in [7, 11) is 0. The van der Waals surface area contributed by atoms with E-state index in [1.165, 1.54) is 0 Å². The van der Waals surface area contributed by atoms with Gasteiger partial charge in [-0.3, -0.25) is 9.59 Å². The summed E-state index contributed by atoms with van der Waals surface area (Å²) in [5, 5.41) is 2.77. The summed E-state index contributed by atoms with van der Waals surface area (Å²) in [4.78, 5) is 23.1. The van der Waals surface area contributed by atoms with E-state index in [0.29, 0.717) is 13.1 Å². The highest BCUT2D eigenvalue weighted by Crippen LogP contribution is 2.30. The van der Waals surface area contributed by atoms with Crippen LogP contribution in [0.15, 0.2) is 0 Å². The van der Waals surface area contributed by atoms with E-state index in [1.54, 1.807) is 6.92 Å². The van der Waals surface area contributed by atoms with Crippen molar-refractivity contribution >= 4 is 11.7 Å². The van der Waals surface area contributed by atoms with Crippen LogP contribution in [0.3, 0.4) is 0 Å². The fourth-order valence-corrected chi connectivity index (χ4v) is 2.26. The van der Waals surface area contributed by atoms with Crippen molar-refractivity contribution < 1.29 is 9.59 Å². The second-order valence-electron chi connectivity index (χ2n) is 4.19. The standard InChI is InChI=1S/C11H20N2O2/c1-8(14)9-4-2-3-5-10(9)11(15)13-7-6-12/h9-10H,2-7,12H2,1H3,(H,13,15)/t9-,10-/m0/s1. The Morgan fingerprint density at radius 1 is 1.27 bits per heavy atom. The molecule has 15 heavy (non-hydrogen) atoms. The molecule has 0 unspecified atom stereocenters. The lowest BCUT2D eigenvalue weighted by Gasteiger charge is -2.28. The normalized spacial score (nSPS) is 26.0. The quantitative estimate of drug-likeness (QED) is 0.711. The van der Waals surface area contributed by atoms with Crippen molar-refractivity contribution in [3.8, 4) is 0 Å². The van der Waals surface area contributed by atoms with E-state index in [-0.39, 0.29) is 23.5 Å². The maximum Gasteiger partial charge on any atom is 0.223 e. The molecule has 1 aliphatic rings. The Balaban J connectivity index is 2.55. The Hall–Kier alpha value is -0.900. The second kappa shape index (κ2) is 5.85. The predicted octanol–water partition coefficient (Wildman–Crippen LogP) is 0.457. The summed E-state index contributed by atoms with van der Waals surface area (Å²) >= 11 is 0. The van der Waals surface area contributed by atoms with Gasteiger partial charge in [0.2, 0.25) is 5.91 Å². The maximum atomic E-state index is 11.8. The number of carbonyl (C=O) groups excluding carboxylic acids is 2. The Morgan fingerprint density at radius 2 is 1.87 bits per heavy atom. The van der Waals surface area contributed by atoms with Gasteiger partial charge in [-0.05, 0) is 19.8 Å². The molecule has 1 amide bonds. The summed E-state index contributed by atoms with van der Waals surface area (Å²) < 4.78 is 0. The molecule has 0 bridgehead atoms. The fraction of sp³-hybridized carbons (Fsp3) is 0.818. The summed E-state index contributed by atoms with van der Waals surface area (Å²) in [5.74, 6) is -0.0535. The third-order valence-electron chi connectivity index (χ3n) is 3.07. The van der Waals surface area contributed by atoms with Crippen LogP contribution in [0.5, 0.6) is 0 Å². The Morgan fingerprint density at radius 3 is 2.40 bits per heavy atom. The Kier molecular flexibility index (Phi) is 4.75. The van der Waals surface area contributed by atoms with Crippen LogP contribution in [0.4, 0.5) is 0 Å². The first-order chi connectivity index (χ1) is 7.16. The molecule has 4 nitrogen and oxygen atoms in total. The van der Waals surface area contributed by atoms with Gasteiger partial charge in [0.1, 0.15) is 5.78 Å². The molecule has 4 heteroatoms. The van der Waals surface area contributed by atoms with Gasteiger partial charge in [0.05, 0.1) is 0 Å². The van der Waals surface area contributed by atoms with Crippen LogP contribution < -0.4 is 11.1 Å². The SMILES string of the molecule is CC(=O)[C@@H]1CCCC[C@@H]1C(=O)NCCN. The first-order valence-electron chi connectivity index (χ1n) is 5.65. The number of ketones is 1. The van der Waals surface area contributed by atoms with Crippen molar-refractivity contribution in [3.05, 3.63) is 0 Å². The maximum absolute atomic E-state index is 11.8. The number of amides is 1. The van der Waals surface area contributed by atoms with Crippen LogP contribution in [0.2, 0.25) is 0 Å². The Bertz CT molecular complexity index is 241. The molecular weight excluding hydrogens is 192 g/mol. The molecule has 0 aliphatic heterocycles. The summed E-state index contributed by atoms with van der Waals surface area (Å²) in [6.07, 6.45) is 3.80. The first-order valence-corrected chi connectivity index (χ1v) is 5.65. The smallest absolute Gasteiger partial charge is 0.223 e. The molecule has 0 aromatic heterocycles. The molecule has 86 valence electrons. The molecule has 0 radical (unpaired) electrons. The van der Waals surface area contributed by atoms with E-state index in [1.807, 2.05) is 0 Å². The van der Waals surface area contributed by atoms with Gasteiger partial charge in [0.25, 0.3) is 0 Å². The van der Waals surface area contributed by atoms with Crippen LogP contribution in [0, 0.1) is 11.8 Å². The minimum atomic E-state index is -0.122. The zero-order valence-electron chi connectivity index (χ0n) is 9.29. The number of nitrogens with two attached hydrogens (primary N) is 1. The molecule has 1 aliphatic carbocycles. The van der Waals surface area contributed by atoms with Gasteiger partial charge in [-0.2, -0.15) is 0 Å². The van der Waals surface area contributed by atoms with Crippen molar-refractivity contribution in [1.29, 1.82) is 0 Å². The molecule has 1 rings (SSSR count). The third-order valence-corrected chi connectivity index (χ3v) is 3.07. The molecule has 0 aromatic carbocycles. The number of nitrogens with one attached hydrogen (secondary N) is 1. The monoisotopic (exact) mass is 212 g/mol. The van der Waals surface area contributed by atoms with Gasteiger partial charge in [0, 0.05) is 24.9 Å². The number of carbonyl (C=O) groups is 2. The van der Waals surface area contributed by atoms with Crippen LogP contribution in [-0.2, 0) is 9.59 Å². The van der Waals surface area contributed by atoms with Gasteiger partial charge in [-0.25, -0.2) is 0 Å². The lowest BCUT2D eigenvalue weighted by Crippen LogP contribution is -2.40. The van der Waals surface area contributed by atoms with Gasteiger partial charge in [-0.15, -0.1) is 0 Å². The molecular formula is C11H20N2O2. The number of hydrogen-bond acceptors (Lipinski definition) is 3. The summed E-state index contributed by atoms with van der Waals surface area (Å²) in [6, 6.07) is 0. The van der Waals surface area contributed by atoms with Crippen molar-refractivity contribution in [1.82, 2.24) is 5.32 Å². The average Bonchev–Trinajstić information content (AvgIpc) is 2.25. The van der Waals surface area contributed by atoms with Gasteiger partial charge in [0.15, 0.2) is 0 Å². The van der Waals surface area contributed by atoms with Crippen molar-refractivity contribution in [3.63, 3.8) is 0 Å². The second-order valence-corrected chi connectivity index (χ2v) is 4.19. The van der Waals surface area contributed by atoms with Crippen LogP contribution in [0.25, 0.3) is 0 Å². The summed E-state index contributed by atoms with van der Waals surface area (Å²) in [6.45, 7) is 2.53. The average molecular weight is 212 g/mol. The minimum Gasteiger partial charge on any atom is -0.355 e. The van der Waals surface area contributed by atoms with Crippen LogP contribution in [-0.4, -0.2) is 24.8 Å². The van der Waals surface area contributed by atoms with Crippen LogP contribution >= 0.6 is 0 Å². The highest BCUT2D eigenvalue weighted by atomic mass is 16.2. The molecule has 1 fully saturated rings. The lowest BCUT2D eigenvalue weighted by atomic mass is 9.77. The molecule has 2 atom stereocenters.